The fourth-order valence-electron chi connectivity index (χ4n) is 6.24. The zero-order valence-corrected chi connectivity index (χ0v) is 27.1. The molecule has 47 heavy (non-hydrogen) atoms. The van der Waals surface area contributed by atoms with Crippen molar-refractivity contribution in [2.24, 2.45) is 7.05 Å². The molecule has 0 spiro atoms. The van der Waals surface area contributed by atoms with Gasteiger partial charge in [-0.05, 0) is 72.9 Å². The van der Waals surface area contributed by atoms with Crippen LogP contribution in [0, 0.1) is 0 Å². The van der Waals surface area contributed by atoms with E-state index in [1.165, 1.54) is 15.8 Å². The van der Waals surface area contributed by atoms with Gasteiger partial charge < -0.3 is 19.4 Å². The number of benzene rings is 3. The van der Waals surface area contributed by atoms with E-state index in [0.717, 1.165) is 50.4 Å². The molecule has 2 heterocycles. The van der Waals surface area contributed by atoms with Crippen LogP contribution in [0.4, 0.5) is 11.4 Å². The summed E-state index contributed by atoms with van der Waals surface area (Å²) in [7, 11) is 1.60. The van der Waals surface area contributed by atoms with Crippen molar-refractivity contribution in [1.82, 2.24) is 14.5 Å². The number of nitrogens with one attached hydrogen (secondary N) is 1. The molecule has 4 aromatic rings. The number of hydrogen-bond donors (Lipinski definition) is 1. The summed E-state index contributed by atoms with van der Waals surface area (Å²) in [5.41, 5.74) is 4.82. The molecule has 1 N–H and O–H groups in total. The number of carbonyl (C=O) groups is 1. The third-order valence-electron chi connectivity index (χ3n) is 9.05. The van der Waals surface area contributed by atoms with Gasteiger partial charge in [0.05, 0.1) is 0 Å². The van der Waals surface area contributed by atoms with E-state index in [4.69, 9.17) is 0 Å². The number of para-hydroxylation sites is 1. The first-order valence-electron chi connectivity index (χ1n) is 16.3. The van der Waals surface area contributed by atoms with Crippen molar-refractivity contribution >= 4 is 28.9 Å². The lowest BCUT2D eigenvalue weighted by Crippen LogP contribution is -2.52. The van der Waals surface area contributed by atoms with Crippen LogP contribution in [0.2, 0.25) is 0 Å². The molecular weight excluding hydrogens is 586 g/mol. The summed E-state index contributed by atoms with van der Waals surface area (Å²) in [6.07, 6.45) is 8.34. The largest absolute Gasteiger partial charge is 0.369 e. The molecule has 240 valence electrons. The molecule has 0 radical (unpaired) electrons. The normalized spacial score (nSPS) is 16.7. The van der Waals surface area contributed by atoms with Gasteiger partial charge in [-0.2, -0.15) is 0 Å². The number of H-pyrrole nitrogens is 1. The number of amides is 1. The molecule has 0 saturated carbocycles. The standard InChI is InChI=1S/C39H41N5O3/c1-3-44(34-20-14-29(15-21-34)22-23-42-24-26-43(27-25-42)33-12-8-5-9-13-33)38(46)32-18-16-31(17-19-32)36-39(47)41(2)35(37(45)40-36)28-30-10-6-4-7-11-30/h4-16,18-21,28H,3,17,22-27H2,1-2H3,(H,40,45)/b35-28-,36-31+. The third-order valence-corrected chi connectivity index (χ3v) is 9.05. The van der Waals surface area contributed by atoms with Crippen LogP contribution in [0.5, 0.6) is 0 Å². The van der Waals surface area contributed by atoms with E-state index in [9.17, 15) is 14.4 Å². The lowest BCUT2D eigenvalue weighted by atomic mass is 10.0. The van der Waals surface area contributed by atoms with Crippen LogP contribution in [0.15, 0.2) is 118 Å². The highest BCUT2D eigenvalue weighted by molar-refractivity contribution is 6.08. The first kappa shape index (κ1) is 31.8. The number of aromatic nitrogens is 2. The number of hydrogen-bond acceptors (Lipinski definition) is 5. The summed E-state index contributed by atoms with van der Waals surface area (Å²) in [6, 6.07) is 28.3. The Labute approximate surface area is 274 Å². The van der Waals surface area contributed by atoms with Crippen LogP contribution in [0.1, 0.15) is 24.5 Å². The number of likely N-dealkylation sites (N-methyl/N-ethyl adjacent to an activating group) is 1. The van der Waals surface area contributed by atoms with E-state index in [0.29, 0.717) is 24.1 Å². The van der Waals surface area contributed by atoms with Crippen LogP contribution in [0.25, 0.3) is 11.6 Å². The summed E-state index contributed by atoms with van der Waals surface area (Å²) >= 11 is 0. The molecular formula is C39H41N5O3. The molecule has 8 nitrogen and oxygen atoms in total. The SMILES string of the molecule is CCN(C(=O)C1=CC/C(=c2/[nH]c(=O)/c(=C/c3ccccc3)n(C)c2=O)C=C1)c1ccc(CCN2CCN(c3ccccc3)CC2)cc1. The molecule has 8 heteroatoms. The molecule has 1 saturated heterocycles. The zero-order valence-electron chi connectivity index (χ0n) is 27.1. The Morgan fingerprint density at radius 2 is 1.55 bits per heavy atom. The van der Waals surface area contributed by atoms with Gasteiger partial charge in [0.25, 0.3) is 17.0 Å². The zero-order chi connectivity index (χ0) is 32.8. The number of aromatic amines is 1. The highest BCUT2D eigenvalue weighted by Gasteiger charge is 2.20. The minimum atomic E-state index is -0.344. The minimum Gasteiger partial charge on any atom is -0.369 e. The average Bonchev–Trinajstić information content (AvgIpc) is 3.12. The number of allylic oxidation sites excluding steroid dienone is 2. The Morgan fingerprint density at radius 1 is 0.872 bits per heavy atom. The van der Waals surface area contributed by atoms with Crippen molar-refractivity contribution in [3.63, 3.8) is 0 Å². The highest BCUT2D eigenvalue weighted by Crippen LogP contribution is 2.22. The van der Waals surface area contributed by atoms with Crippen LogP contribution < -0.4 is 31.6 Å². The quantitative estimate of drug-likeness (QED) is 0.324. The fraction of sp³-hybridized carbons (Fsp3) is 0.256. The average molecular weight is 628 g/mol. The maximum atomic E-state index is 13.6. The number of anilines is 2. The van der Waals surface area contributed by atoms with Gasteiger partial charge in [-0.3, -0.25) is 19.3 Å². The highest BCUT2D eigenvalue weighted by atomic mass is 16.2. The van der Waals surface area contributed by atoms with Crippen molar-refractivity contribution < 1.29 is 4.79 Å². The van der Waals surface area contributed by atoms with Crippen LogP contribution in [-0.2, 0) is 18.3 Å². The third kappa shape index (κ3) is 7.28. The second kappa shape index (κ2) is 14.5. The van der Waals surface area contributed by atoms with Gasteiger partial charge in [-0.1, -0.05) is 72.8 Å². The maximum absolute atomic E-state index is 13.6. The van der Waals surface area contributed by atoms with Crippen LogP contribution in [-0.4, -0.2) is 59.6 Å². The number of rotatable bonds is 8. The molecule has 1 aliphatic heterocycles. The van der Waals surface area contributed by atoms with E-state index >= 15 is 0 Å². The number of piperazine rings is 1. The predicted octanol–water partition coefficient (Wildman–Crippen LogP) is 3.36. The summed E-state index contributed by atoms with van der Waals surface area (Å²) in [5.74, 6) is -0.0963. The summed E-state index contributed by atoms with van der Waals surface area (Å²) in [5, 5.41) is 0.519. The number of nitrogens with zero attached hydrogens (tertiary/aromatic N) is 4. The first-order valence-corrected chi connectivity index (χ1v) is 16.3. The lowest BCUT2D eigenvalue weighted by Gasteiger charge is -2.36. The second-order valence-electron chi connectivity index (χ2n) is 12.0. The topological polar surface area (TPSA) is 81.6 Å². The van der Waals surface area contributed by atoms with Gasteiger partial charge in [0.15, 0.2) is 0 Å². The molecule has 1 amide bonds. The van der Waals surface area contributed by atoms with Crippen LogP contribution in [0.3, 0.4) is 0 Å². The Kier molecular flexibility index (Phi) is 9.78. The molecule has 1 aliphatic carbocycles. The van der Waals surface area contributed by atoms with Crippen molar-refractivity contribution in [3.8, 4) is 0 Å². The predicted molar refractivity (Wildman–Crippen MR) is 190 cm³/mol. The molecule has 1 aromatic heterocycles. The monoisotopic (exact) mass is 627 g/mol. The van der Waals surface area contributed by atoms with Crippen molar-refractivity contribution in [2.45, 2.75) is 19.8 Å². The molecule has 6 rings (SSSR count). The van der Waals surface area contributed by atoms with Crippen molar-refractivity contribution in [1.29, 1.82) is 0 Å². The minimum absolute atomic E-state index is 0.0963. The molecule has 0 atom stereocenters. The summed E-state index contributed by atoms with van der Waals surface area (Å²) in [6.45, 7) is 7.68. The van der Waals surface area contributed by atoms with Crippen LogP contribution >= 0.6 is 0 Å². The van der Waals surface area contributed by atoms with E-state index in [1.807, 2.05) is 55.5 Å². The Balaban J connectivity index is 1.09. The van der Waals surface area contributed by atoms with E-state index in [2.05, 4.69) is 57.2 Å². The fourth-order valence-corrected chi connectivity index (χ4v) is 6.24. The lowest BCUT2D eigenvalue weighted by molar-refractivity contribution is -0.114. The molecule has 1 fully saturated rings. The smallest absolute Gasteiger partial charge is 0.274 e. The Bertz CT molecular complexity index is 2020. The number of carbonyl (C=O) groups excluding carboxylic acids is 1. The van der Waals surface area contributed by atoms with Gasteiger partial charge in [0.2, 0.25) is 0 Å². The van der Waals surface area contributed by atoms with E-state index in [-0.39, 0.29) is 27.7 Å². The molecule has 0 bridgehead atoms. The van der Waals surface area contributed by atoms with Gasteiger partial charge >= 0.3 is 0 Å². The van der Waals surface area contributed by atoms with Gasteiger partial charge in [0.1, 0.15) is 10.7 Å². The van der Waals surface area contributed by atoms with Crippen molar-refractivity contribution in [3.05, 3.63) is 151 Å². The van der Waals surface area contributed by atoms with E-state index < -0.39 is 0 Å². The summed E-state index contributed by atoms with van der Waals surface area (Å²) < 4.78 is 1.38. The first-order chi connectivity index (χ1) is 22.9. The van der Waals surface area contributed by atoms with Crippen molar-refractivity contribution in [2.75, 3.05) is 49.1 Å². The summed E-state index contributed by atoms with van der Waals surface area (Å²) in [4.78, 5) is 49.3. The molecule has 2 aliphatic rings. The van der Waals surface area contributed by atoms with Gasteiger partial charge in [-0.15, -0.1) is 0 Å². The van der Waals surface area contributed by atoms with Gasteiger partial charge in [0, 0.05) is 63.3 Å². The molecule has 0 unspecified atom stereocenters. The van der Waals surface area contributed by atoms with E-state index in [1.54, 1.807) is 30.2 Å². The van der Waals surface area contributed by atoms with Gasteiger partial charge in [-0.25, -0.2) is 0 Å². The Hall–Kier alpha value is -5.21. The maximum Gasteiger partial charge on any atom is 0.274 e. The second-order valence-corrected chi connectivity index (χ2v) is 12.0. The molecule has 3 aromatic carbocycles. The Morgan fingerprint density at radius 3 is 2.19 bits per heavy atom.